The summed E-state index contributed by atoms with van der Waals surface area (Å²) < 4.78 is 0. The first-order valence-electron chi connectivity index (χ1n) is 10.5. The third-order valence-electron chi connectivity index (χ3n) is 6.51. The average Bonchev–Trinajstić information content (AvgIpc) is 3.14. The zero-order chi connectivity index (χ0) is 19.0. The molecule has 1 atom stereocenters. The molecule has 2 aliphatic heterocycles. The highest BCUT2D eigenvalue weighted by molar-refractivity contribution is 7.59. The Balaban J connectivity index is 0.00000205. The van der Waals surface area contributed by atoms with Crippen molar-refractivity contribution in [3.05, 3.63) is 65.2 Å². The Morgan fingerprint density at radius 2 is 1.86 bits per heavy atom. The van der Waals surface area contributed by atoms with Crippen LogP contribution in [0.4, 0.5) is 5.69 Å². The molecule has 2 heterocycles. The van der Waals surface area contributed by atoms with E-state index in [-0.39, 0.29) is 30.9 Å². The number of amides is 1. The molecule has 3 aliphatic rings. The van der Waals surface area contributed by atoms with Gasteiger partial charge in [-0.2, -0.15) is 13.5 Å². The minimum Gasteiger partial charge on any atom is -0.347 e. The lowest BCUT2D eigenvalue weighted by Crippen LogP contribution is -2.41. The monoisotopic (exact) mass is 407 g/mol. The second kappa shape index (κ2) is 8.33. The molecule has 29 heavy (non-hydrogen) atoms. The Labute approximate surface area is 179 Å². The minimum atomic E-state index is -0.370. The van der Waals surface area contributed by atoms with Crippen molar-refractivity contribution in [3.8, 4) is 0 Å². The highest BCUT2D eigenvalue weighted by Gasteiger charge is 2.52. The van der Waals surface area contributed by atoms with Crippen molar-refractivity contribution in [3.63, 3.8) is 0 Å². The molecule has 2 aromatic rings. The van der Waals surface area contributed by atoms with Gasteiger partial charge in [-0.3, -0.25) is 9.79 Å². The quantitative estimate of drug-likeness (QED) is 0.785. The summed E-state index contributed by atoms with van der Waals surface area (Å²) >= 11 is 0. The van der Waals surface area contributed by atoms with Gasteiger partial charge >= 0.3 is 0 Å². The second-order valence-electron chi connectivity index (χ2n) is 8.39. The van der Waals surface area contributed by atoms with E-state index in [0.29, 0.717) is 0 Å². The van der Waals surface area contributed by atoms with Gasteiger partial charge in [0.25, 0.3) is 0 Å². The summed E-state index contributed by atoms with van der Waals surface area (Å²) in [6.07, 6.45) is 7.22. The summed E-state index contributed by atoms with van der Waals surface area (Å²) in [6.45, 7) is 3.15. The van der Waals surface area contributed by atoms with Gasteiger partial charge in [0.15, 0.2) is 0 Å². The number of aliphatic imine (C=N–C) groups is 1. The Bertz CT molecular complexity index is 902. The maximum absolute atomic E-state index is 13.4. The summed E-state index contributed by atoms with van der Waals surface area (Å²) in [4.78, 5) is 20.4. The van der Waals surface area contributed by atoms with Crippen molar-refractivity contribution >= 4 is 31.3 Å². The van der Waals surface area contributed by atoms with Crippen LogP contribution in [0.5, 0.6) is 0 Å². The highest BCUT2D eigenvalue weighted by atomic mass is 32.1. The highest BCUT2D eigenvalue weighted by Crippen LogP contribution is 2.50. The molecule has 0 unspecified atom stereocenters. The van der Waals surface area contributed by atoms with E-state index in [1.807, 2.05) is 12.3 Å². The van der Waals surface area contributed by atoms with Crippen LogP contribution in [0.1, 0.15) is 48.4 Å². The first-order chi connectivity index (χ1) is 13.7. The van der Waals surface area contributed by atoms with Crippen molar-refractivity contribution < 1.29 is 4.79 Å². The van der Waals surface area contributed by atoms with E-state index < -0.39 is 0 Å². The lowest BCUT2D eigenvalue weighted by molar-refractivity contribution is -0.124. The number of carbonyl (C=O) groups is 1. The molecule has 0 bridgehead atoms. The smallest absolute Gasteiger partial charge is 0.231 e. The maximum Gasteiger partial charge on any atom is 0.231 e. The Hall–Kier alpha value is -2.11. The van der Waals surface area contributed by atoms with Crippen LogP contribution in [-0.2, 0) is 16.6 Å². The summed E-state index contributed by atoms with van der Waals surface area (Å²) in [5.74, 6) is 0.169. The van der Waals surface area contributed by atoms with Crippen molar-refractivity contribution in [2.45, 2.75) is 43.6 Å². The number of nitrogens with one attached hydrogen (secondary N) is 1. The molecule has 152 valence electrons. The fourth-order valence-electron chi connectivity index (χ4n) is 4.61. The summed E-state index contributed by atoms with van der Waals surface area (Å²) in [6, 6.07) is 16.9. The van der Waals surface area contributed by atoms with Gasteiger partial charge in [-0.1, -0.05) is 42.5 Å². The molecule has 5 heteroatoms. The van der Waals surface area contributed by atoms with Gasteiger partial charge in [-0.25, -0.2) is 0 Å². The fraction of sp³-hybridized carbons (Fsp3) is 0.417. The van der Waals surface area contributed by atoms with Crippen LogP contribution in [0.25, 0.3) is 0 Å². The maximum atomic E-state index is 13.4. The number of nitrogens with zero attached hydrogens (tertiary/aromatic N) is 2. The van der Waals surface area contributed by atoms with E-state index in [4.69, 9.17) is 0 Å². The number of likely N-dealkylation sites (tertiary alicyclic amines) is 1. The van der Waals surface area contributed by atoms with Crippen molar-refractivity contribution in [1.82, 2.24) is 10.2 Å². The standard InChI is InChI=1S/C24H27N3O.H2S/c28-23(24(11-12-24)20-9-8-19-10-13-25-21(19)16-20)26-22(17-27-14-4-5-15-27)18-6-2-1-3-7-18;/h1-3,6-9,13,16,22H,4-5,10-12,14-15,17H2,(H,26,28);1H2/t22-;/m1./s1. The molecule has 1 amide bonds. The molecular weight excluding hydrogens is 378 g/mol. The molecule has 0 radical (unpaired) electrons. The fourth-order valence-corrected chi connectivity index (χ4v) is 4.61. The predicted octanol–water partition coefficient (Wildman–Crippen LogP) is 4.04. The van der Waals surface area contributed by atoms with Crippen molar-refractivity contribution in [2.24, 2.45) is 4.99 Å². The minimum absolute atomic E-state index is 0. The summed E-state index contributed by atoms with van der Waals surface area (Å²) in [5, 5.41) is 3.41. The van der Waals surface area contributed by atoms with E-state index in [0.717, 1.165) is 50.1 Å². The van der Waals surface area contributed by atoms with E-state index in [2.05, 4.69) is 57.7 Å². The molecule has 2 aromatic carbocycles. The Kier molecular flexibility index (Phi) is 5.79. The van der Waals surface area contributed by atoms with Crippen LogP contribution in [0.15, 0.2) is 53.5 Å². The Morgan fingerprint density at radius 1 is 1.10 bits per heavy atom. The molecule has 2 fully saturated rings. The lowest BCUT2D eigenvalue weighted by atomic mass is 9.92. The largest absolute Gasteiger partial charge is 0.347 e. The lowest BCUT2D eigenvalue weighted by Gasteiger charge is -2.27. The average molecular weight is 408 g/mol. The molecule has 1 aliphatic carbocycles. The summed E-state index contributed by atoms with van der Waals surface area (Å²) in [5.41, 5.74) is 4.24. The molecule has 0 spiro atoms. The predicted molar refractivity (Wildman–Crippen MR) is 123 cm³/mol. The summed E-state index contributed by atoms with van der Waals surface area (Å²) in [7, 11) is 0. The van der Waals surface area contributed by atoms with Gasteiger partial charge in [0.05, 0.1) is 17.1 Å². The zero-order valence-electron chi connectivity index (χ0n) is 16.7. The van der Waals surface area contributed by atoms with E-state index >= 15 is 0 Å². The third-order valence-corrected chi connectivity index (χ3v) is 6.51. The van der Waals surface area contributed by atoms with Gasteiger partial charge in [-0.05, 0) is 61.5 Å². The molecule has 4 nitrogen and oxygen atoms in total. The Morgan fingerprint density at radius 3 is 2.59 bits per heavy atom. The zero-order valence-corrected chi connectivity index (χ0v) is 17.7. The van der Waals surface area contributed by atoms with Gasteiger partial charge in [0.2, 0.25) is 5.91 Å². The molecule has 1 saturated heterocycles. The SMILES string of the molecule is O=C(N[C@H](CN1CCCC1)c1ccccc1)C1(c2ccc3c(c2)N=CC3)CC1.S. The first kappa shape index (κ1) is 20.2. The van der Waals surface area contributed by atoms with E-state index in [9.17, 15) is 4.79 Å². The number of fused-ring (bicyclic) bond motifs is 1. The van der Waals surface area contributed by atoms with Crippen LogP contribution in [0, 0.1) is 0 Å². The normalized spacial score (nSPS) is 20.0. The van der Waals surface area contributed by atoms with Crippen LogP contribution in [0.3, 0.4) is 0 Å². The first-order valence-corrected chi connectivity index (χ1v) is 10.5. The van der Waals surface area contributed by atoms with Gasteiger partial charge in [-0.15, -0.1) is 0 Å². The molecule has 1 saturated carbocycles. The number of hydrogen-bond acceptors (Lipinski definition) is 3. The van der Waals surface area contributed by atoms with Crippen LogP contribution in [-0.4, -0.2) is 36.7 Å². The number of hydrogen-bond donors (Lipinski definition) is 1. The van der Waals surface area contributed by atoms with Crippen molar-refractivity contribution in [1.29, 1.82) is 0 Å². The molecular formula is C24H29N3OS. The van der Waals surface area contributed by atoms with Gasteiger partial charge in [0.1, 0.15) is 0 Å². The molecule has 5 rings (SSSR count). The molecule has 1 N–H and O–H groups in total. The number of benzene rings is 2. The van der Waals surface area contributed by atoms with E-state index in [1.165, 1.54) is 24.0 Å². The van der Waals surface area contributed by atoms with E-state index in [1.54, 1.807) is 0 Å². The topological polar surface area (TPSA) is 44.7 Å². The third kappa shape index (κ3) is 3.99. The van der Waals surface area contributed by atoms with Crippen LogP contribution in [0.2, 0.25) is 0 Å². The van der Waals surface area contributed by atoms with Crippen LogP contribution < -0.4 is 5.32 Å². The van der Waals surface area contributed by atoms with Gasteiger partial charge < -0.3 is 10.2 Å². The second-order valence-corrected chi connectivity index (χ2v) is 8.39. The number of carbonyl (C=O) groups excluding carboxylic acids is 1. The number of rotatable bonds is 6. The van der Waals surface area contributed by atoms with Crippen molar-refractivity contribution in [2.75, 3.05) is 19.6 Å². The van der Waals surface area contributed by atoms with Crippen LogP contribution >= 0.6 is 13.5 Å². The molecule has 0 aromatic heterocycles. The van der Waals surface area contributed by atoms with Gasteiger partial charge in [0, 0.05) is 19.2 Å².